The highest BCUT2D eigenvalue weighted by atomic mass is 35.5. The summed E-state index contributed by atoms with van der Waals surface area (Å²) in [5.74, 6) is -0.306. The molecule has 0 aliphatic rings. The summed E-state index contributed by atoms with van der Waals surface area (Å²) >= 11 is 5.76. The van der Waals surface area contributed by atoms with Gasteiger partial charge in [-0.25, -0.2) is 5.43 Å². The van der Waals surface area contributed by atoms with Crippen molar-refractivity contribution in [2.24, 2.45) is 5.10 Å². The number of nitro benzene ring substituents is 1. The van der Waals surface area contributed by atoms with Crippen LogP contribution < -0.4 is 5.43 Å². The van der Waals surface area contributed by atoms with Crippen LogP contribution >= 0.6 is 11.6 Å². The number of rotatable bonds is 5. The summed E-state index contributed by atoms with van der Waals surface area (Å²) in [7, 11) is 0. The fourth-order valence-electron chi connectivity index (χ4n) is 1.69. The molecule has 0 unspecified atom stereocenters. The molecule has 6 nitrogen and oxygen atoms in total. The van der Waals surface area contributed by atoms with Gasteiger partial charge in [0.1, 0.15) is 0 Å². The Hall–Kier alpha value is -2.73. The third-order valence-electron chi connectivity index (χ3n) is 2.78. The van der Waals surface area contributed by atoms with E-state index in [1.807, 2.05) is 0 Å². The average molecular weight is 318 g/mol. The second kappa shape index (κ2) is 7.33. The highest BCUT2D eigenvalue weighted by molar-refractivity contribution is 6.30. The number of benzene rings is 2. The molecule has 0 fully saturated rings. The van der Waals surface area contributed by atoms with E-state index in [1.165, 1.54) is 18.3 Å². The predicted molar refractivity (Wildman–Crippen MR) is 84.0 cm³/mol. The maximum Gasteiger partial charge on any atom is 0.269 e. The SMILES string of the molecule is O=C(Cc1ccc([N+](=O)[O-])cc1)N/N=C\c1ccc(Cl)cc1. The minimum atomic E-state index is -0.486. The molecule has 0 atom stereocenters. The monoisotopic (exact) mass is 317 g/mol. The lowest BCUT2D eigenvalue weighted by Crippen LogP contribution is -2.19. The molecule has 2 aromatic carbocycles. The van der Waals surface area contributed by atoms with Crippen LogP contribution in [0.2, 0.25) is 5.02 Å². The molecule has 1 N–H and O–H groups in total. The second-order valence-corrected chi connectivity index (χ2v) is 4.88. The second-order valence-electron chi connectivity index (χ2n) is 4.45. The molecule has 0 radical (unpaired) electrons. The van der Waals surface area contributed by atoms with Crippen LogP contribution in [0.3, 0.4) is 0 Å². The van der Waals surface area contributed by atoms with Crippen molar-refractivity contribution in [3.63, 3.8) is 0 Å². The first kappa shape index (κ1) is 15.7. The number of carbonyl (C=O) groups excluding carboxylic acids is 1. The third kappa shape index (κ3) is 4.68. The van der Waals surface area contributed by atoms with E-state index in [1.54, 1.807) is 36.4 Å². The van der Waals surface area contributed by atoms with Gasteiger partial charge in [-0.3, -0.25) is 14.9 Å². The minimum Gasteiger partial charge on any atom is -0.273 e. The zero-order chi connectivity index (χ0) is 15.9. The number of nitrogens with one attached hydrogen (secondary N) is 1. The largest absolute Gasteiger partial charge is 0.273 e. The molecule has 2 rings (SSSR count). The molecule has 0 bridgehead atoms. The summed E-state index contributed by atoms with van der Waals surface area (Å²) < 4.78 is 0. The standard InChI is InChI=1S/C15H12ClN3O3/c16-13-5-1-12(2-6-13)10-17-18-15(20)9-11-3-7-14(8-4-11)19(21)22/h1-8,10H,9H2,(H,18,20)/b17-10-. The van der Waals surface area contributed by atoms with Crippen molar-refractivity contribution in [2.75, 3.05) is 0 Å². The highest BCUT2D eigenvalue weighted by Crippen LogP contribution is 2.12. The molecule has 22 heavy (non-hydrogen) atoms. The topological polar surface area (TPSA) is 84.6 Å². The van der Waals surface area contributed by atoms with Crippen molar-refractivity contribution in [3.8, 4) is 0 Å². The molecule has 0 aromatic heterocycles. The van der Waals surface area contributed by atoms with Crippen LogP contribution in [0.5, 0.6) is 0 Å². The number of hydrogen-bond acceptors (Lipinski definition) is 4. The number of nitro groups is 1. The lowest BCUT2D eigenvalue weighted by atomic mass is 10.1. The summed E-state index contributed by atoms with van der Waals surface area (Å²) in [6.07, 6.45) is 1.60. The Labute approximate surface area is 131 Å². The molecule has 7 heteroatoms. The maximum atomic E-state index is 11.7. The van der Waals surface area contributed by atoms with Gasteiger partial charge in [0.25, 0.3) is 5.69 Å². The number of nitrogens with zero attached hydrogens (tertiary/aromatic N) is 2. The molecule has 0 saturated heterocycles. The Morgan fingerprint density at radius 3 is 2.41 bits per heavy atom. The Kier molecular flexibility index (Phi) is 5.21. The molecule has 112 valence electrons. The van der Waals surface area contributed by atoms with Gasteiger partial charge < -0.3 is 0 Å². The lowest BCUT2D eigenvalue weighted by Gasteiger charge is -2.00. The first-order valence-corrected chi connectivity index (χ1v) is 6.73. The summed E-state index contributed by atoms with van der Waals surface area (Å²) in [5.41, 5.74) is 3.86. The number of hydrazone groups is 1. The van der Waals surface area contributed by atoms with Crippen LogP contribution in [0.25, 0.3) is 0 Å². The Morgan fingerprint density at radius 1 is 1.18 bits per heavy atom. The van der Waals surface area contributed by atoms with Crippen LogP contribution in [0, 0.1) is 10.1 Å². The average Bonchev–Trinajstić information content (AvgIpc) is 2.50. The fourth-order valence-corrected chi connectivity index (χ4v) is 1.81. The summed E-state index contributed by atoms with van der Waals surface area (Å²) in [4.78, 5) is 21.7. The molecule has 0 saturated carbocycles. The summed E-state index contributed by atoms with van der Waals surface area (Å²) in [6.45, 7) is 0. The number of carbonyl (C=O) groups is 1. The molecule has 0 heterocycles. The highest BCUT2D eigenvalue weighted by Gasteiger charge is 2.06. The van der Waals surface area contributed by atoms with Gasteiger partial charge in [-0.1, -0.05) is 35.9 Å². The Balaban J connectivity index is 1.87. The number of non-ortho nitro benzene ring substituents is 1. The molecule has 1 amide bonds. The van der Waals surface area contributed by atoms with Gasteiger partial charge in [0.2, 0.25) is 5.91 Å². The van der Waals surface area contributed by atoms with Gasteiger partial charge in [-0.15, -0.1) is 0 Å². The Bertz CT molecular complexity index is 697. The van der Waals surface area contributed by atoms with E-state index < -0.39 is 4.92 Å². The zero-order valence-corrected chi connectivity index (χ0v) is 12.2. The van der Waals surface area contributed by atoms with Crippen LogP contribution in [-0.2, 0) is 11.2 Å². The van der Waals surface area contributed by atoms with E-state index in [-0.39, 0.29) is 18.0 Å². The van der Waals surface area contributed by atoms with E-state index in [0.29, 0.717) is 10.6 Å². The number of halogens is 1. The van der Waals surface area contributed by atoms with Gasteiger partial charge in [-0.2, -0.15) is 5.10 Å². The van der Waals surface area contributed by atoms with Gasteiger partial charge in [0.05, 0.1) is 17.6 Å². The van der Waals surface area contributed by atoms with Crippen LogP contribution in [0.1, 0.15) is 11.1 Å². The first-order chi connectivity index (χ1) is 10.5. The van der Waals surface area contributed by atoms with Crippen molar-refractivity contribution in [1.29, 1.82) is 0 Å². The van der Waals surface area contributed by atoms with E-state index in [4.69, 9.17) is 11.6 Å². The third-order valence-corrected chi connectivity index (χ3v) is 3.04. The van der Waals surface area contributed by atoms with Crippen molar-refractivity contribution in [3.05, 3.63) is 74.8 Å². The maximum absolute atomic E-state index is 11.7. The van der Waals surface area contributed by atoms with Crippen LogP contribution in [0.4, 0.5) is 5.69 Å². The molecule has 2 aromatic rings. The van der Waals surface area contributed by atoms with Gasteiger partial charge >= 0.3 is 0 Å². The summed E-state index contributed by atoms with van der Waals surface area (Å²) in [5, 5.41) is 15.0. The number of hydrogen-bond donors (Lipinski definition) is 1. The zero-order valence-electron chi connectivity index (χ0n) is 11.4. The van der Waals surface area contributed by atoms with Crippen molar-refractivity contribution >= 4 is 29.4 Å². The number of amides is 1. The van der Waals surface area contributed by atoms with E-state index in [2.05, 4.69) is 10.5 Å². The quantitative estimate of drug-likeness (QED) is 0.522. The van der Waals surface area contributed by atoms with E-state index >= 15 is 0 Å². The molecule has 0 aliphatic heterocycles. The van der Waals surface area contributed by atoms with Crippen LogP contribution in [-0.4, -0.2) is 17.0 Å². The summed E-state index contributed by atoms with van der Waals surface area (Å²) in [6, 6.07) is 12.8. The smallest absolute Gasteiger partial charge is 0.269 e. The Morgan fingerprint density at radius 2 is 1.82 bits per heavy atom. The van der Waals surface area contributed by atoms with Gasteiger partial charge in [0, 0.05) is 17.2 Å². The molecular formula is C15H12ClN3O3. The lowest BCUT2D eigenvalue weighted by molar-refractivity contribution is -0.384. The van der Waals surface area contributed by atoms with Crippen LogP contribution in [0.15, 0.2) is 53.6 Å². The van der Waals surface area contributed by atoms with Crippen molar-refractivity contribution < 1.29 is 9.72 Å². The predicted octanol–water partition coefficient (Wildman–Crippen LogP) is 2.94. The van der Waals surface area contributed by atoms with Gasteiger partial charge in [-0.05, 0) is 23.3 Å². The normalized spacial score (nSPS) is 10.6. The fraction of sp³-hybridized carbons (Fsp3) is 0.0667. The van der Waals surface area contributed by atoms with E-state index in [9.17, 15) is 14.9 Å². The minimum absolute atomic E-state index is 0.00934. The van der Waals surface area contributed by atoms with Crippen molar-refractivity contribution in [2.45, 2.75) is 6.42 Å². The molecule has 0 spiro atoms. The molecule has 0 aliphatic carbocycles. The molecular weight excluding hydrogens is 306 g/mol. The van der Waals surface area contributed by atoms with E-state index in [0.717, 1.165) is 5.56 Å². The van der Waals surface area contributed by atoms with Gasteiger partial charge in [0.15, 0.2) is 0 Å². The first-order valence-electron chi connectivity index (χ1n) is 6.35. The van der Waals surface area contributed by atoms with Crippen molar-refractivity contribution in [1.82, 2.24) is 5.43 Å².